The summed E-state index contributed by atoms with van der Waals surface area (Å²) >= 11 is 0. The van der Waals surface area contributed by atoms with Gasteiger partial charge in [-0.15, -0.1) is 0 Å². The van der Waals surface area contributed by atoms with Crippen LogP contribution in [-0.2, 0) is 17.9 Å². The molecule has 2 aromatic carbocycles. The molecule has 2 N–H and O–H groups in total. The second-order valence-electron chi connectivity index (χ2n) is 5.71. The largest absolute Gasteiger partial charge is 0.496 e. The third kappa shape index (κ3) is 6.47. The number of methoxy groups -OCH3 is 1. The van der Waals surface area contributed by atoms with Gasteiger partial charge in [-0.3, -0.25) is 4.99 Å². The predicted molar refractivity (Wildman–Crippen MR) is 102 cm³/mol. The number of hydrogen-bond donors (Lipinski definition) is 2. The average Bonchev–Trinajstić information content (AvgIpc) is 2.64. The smallest absolute Gasteiger partial charge is 0.191 e. The van der Waals surface area contributed by atoms with E-state index in [1.807, 2.05) is 24.3 Å². The standard InChI is InChI=1S/C20H27N3O2/c1-16-7-6-8-17(13-16)14-23-20(21-2)22-11-12-25-15-18-9-4-5-10-19(18)24-3/h4-10,13H,11-12,14-15H2,1-3H3,(H2,21,22,23). The summed E-state index contributed by atoms with van der Waals surface area (Å²) in [6.07, 6.45) is 0. The summed E-state index contributed by atoms with van der Waals surface area (Å²) in [6, 6.07) is 16.3. The molecule has 0 aromatic heterocycles. The number of ether oxygens (including phenoxy) is 2. The van der Waals surface area contributed by atoms with Crippen LogP contribution in [-0.4, -0.2) is 33.3 Å². The van der Waals surface area contributed by atoms with Gasteiger partial charge in [-0.25, -0.2) is 0 Å². The van der Waals surface area contributed by atoms with Gasteiger partial charge in [0.05, 0.1) is 20.3 Å². The van der Waals surface area contributed by atoms with E-state index in [0.717, 1.165) is 23.8 Å². The first kappa shape index (κ1) is 18.8. The molecule has 0 spiro atoms. The molecule has 0 radical (unpaired) electrons. The van der Waals surface area contributed by atoms with Crippen molar-refractivity contribution in [2.75, 3.05) is 27.3 Å². The highest BCUT2D eigenvalue weighted by atomic mass is 16.5. The highest BCUT2D eigenvalue weighted by molar-refractivity contribution is 5.79. The Balaban J connectivity index is 1.67. The fourth-order valence-electron chi connectivity index (χ4n) is 2.47. The van der Waals surface area contributed by atoms with Crippen LogP contribution >= 0.6 is 0 Å². The Hall–Kier alpha value is -2.53. The zero-order chi connectivity index (χ0) is 17.9. The van der Waals surface area contributed by atoms with Gasteiger partial charge in [0.2, 0.25) is 0 Å². The fourth-order valence-corrected chi connectivity index (χ4v) is 2.47. The molecule has 0 heterocycles. The monoisotopic (exact) mass is 341 g/mol. The number of nitrogens with one attached hydrogen (secondary N) is 2. The molecule has 5 heteroatoms. The van der Waals surface area contributed by atoms with E-state index in [0.29, 0.717) is 19.8 Å². The third-order valence-electron chi connectivity index (χ3n) is 3.75. The SMILES string of the molecule is CN=C(NCCOCc1ccccc1OC)NCc1cccc(C)c1. The second kappa shape index (κ2) is 10.4. The number of aliphatic imine (C=N–C) groups is 1. The van der Waals surface area contributed by atoms with Crippen molar-refractivity contribution < 1.29 is 9.47 Å². The molecule has 0 bridgehead atoms. The summed E-state index contributed by atoms with van der Waals surface area (Å²) in [7, 11) is 3.44. The Bertz CT molecular complexity index is 686. The van der Waals surface area contributed by atoms with E-state index in [4.69, 9.17) is 9.47 Å². The van der Waals surface area contributed by atoms with Crippen molar-refractivity contribution in [1.82, 2.24) is 10.6 Å². The minimum Gasteiger partial charge on any atom is -0.496 e. The lowest BCUT2D eigenvalue weighted by molar-refractivity contribution is 0.123. The Kier molecular flexibility index (Phi) is 7.79. The van der Waals surface area contributed by atoms with Crippen molar-refractivity contribution in [2.45, 2.75) is 20.1 Å². The van der Waals surface area contributed by atoms with Crippen LogP contribution in [0.15, 0.2) is 53.5 Å². The van der Waals surface area contributed by atoms with E-state index in [1.165, 1.54) is 11.1 Å². The molecule has 134 valence electrons. The van der Waals surface area contributed by atoms with Crippen LogP contribution in [0.1, 0.15) is 16.7 Å². The van der Waals surface area contributed by atoms with Gasteiger partial charge in [0, 0.05) is 25.7 Å². The van der Waals surface area contributed by atoms with Crippen LogP contribution in [0, 0.1) is 6.92 Å². The Morgan fingerprint density at radius 3 is 2.68 bits per heavy atom. The lowest BCUT2D eigenvalue weighted by Gasteiger charge is -2.13. The average molecular weight is 341 g/mol. The van der Waals surface area contributed by atoms with Crippen molar-refractivity contribution >= 4 is 5.96 Å². The first-order valence-electron chi connectivity index (χ1n) is 8.42. The number of aryl methyl sites for hydroxylation is 1. The molecule has 0 saturated carbocycles. The number of benzene rings is 2. The molecule has 0 aliphatic carbocycles. The van der Waals surface area contributed by atoms with E-state index in [2.05, 4.69) is 46.8 Å². The molecule has 0 amide bonds. The Morgan fingerprint density at radius 1 is 1.08 bits per heavy atom. The first-order valence-corrected chi connectivity index (χ1v) is 8.42. The van der Waals surface area contributed by atoms with E-state index >= 15 is 0 Å². The van der Waals surface area contributed by atoms with Gasteiger partial charge in [0.15, 0.2) is 5.96 Å². The molecule has 25 heavy (non-hydrogen) atoms. The highest BCUT2D eigenvalue weighted by Crippen LogP contribution is 2.17. The Labute approximate surface area is 150 Å². The zero-order valence-corrected chi connectivity index (χ0v) is 15.2. The van der Waals surface area contributed by atoms with E-state index in [1.54, 1.807) is 14.2 Å². The summed E-state index contributed by atoms with van der Waals surface area (Å²) < 4.78 is 11.0. The molecule has 0 aliphatic heterocycles. The van der Waals surface area contributed by atoms with Crippen LogP contribution in [0.3, 0.4) is 0 Å². The first-order chi connectivity index (χ1) is 12.2. The lowest BCUT2D eigenvalue weighted by atomic mass is 10.1. The summed E-state index contributed by atoms with van der Waals surface area (Å²) in [6.45, 7) is 4.63. The molecular weight excluding hydrogens is 314 g/mol. The van der Waals surface area contributed by atoms with Gasteiger partial charge in [-0.2, -0.15) is 0 Å². The van der Waals surface area contributed by atoms with Crippen molar-refractivity contribution in [2.24, 2.45) is 4.99 Å². The van der Waals surface area contributed by atoms with Crippen LogP contribution in [0.4, 0.5) is 0 Å². The molecule has 0 saturated heterocycles. The van der Waals surface area contributed by atoms with E-state index < -0.39 is 0 Å². The molecule has 0 unspecified atom stereocenters. The molecule has 0 fully saturated rings. The van der Waals surface area contributed by atoms with Crippen molar-refractivity contribution in [3.63, 3.8) is 0 Å². The number of nitrogens with zero attached hydrogens (tertiary/aromatic N) is 1. The summed E-state index contributed by atoms with van der Waals surface area (Å²) in [4.78, 5) is 4.23. The summed E-state index contributed by atoms with van der Waals surface area (Å²) in [5.74, 6) is 1.62. The minimum atomic E-state index is 0.529. The van der Waals surface area contributed by atoms with Crippen LogP contribution < -0.4 is 15.4 Å². The maximum atomic E-state index is 5.71. The molecule has 0 atom stereocenters. The molecule has 2 rings (SSSR count). The molecule has 5 nitrogen and oxygen atoms in total. The number of hydrogen-bond acceptors (Lipinski definition) is 3. The highest BCUT2D eigenvalue weighted by Gasteiger charge is 2.02. The third-order valence-corrected chi connectivity index (χ3v) is 3.75. The molecular formula is C20H27N3O2. The number of para-hydroxylation sites is 1. The van der Waals surface area contributed by atoms with Crippen LogP contribution in [0.5, 0.6) is 5.75 Å². The normalized spacial score (nSPS) is 11.2. The summed E-state index contributed by atoms with van der Waals surface area (Å²) in [5.41, 5.74) is 3.54. The van der Waals surface area contributed by atoms with Gasteiger partial charge in [-0.1, -0.05) is 48.0 Å². The zero-order valence-electron chi connectivity index (χ0n) is 15.2. The van der Waals surface area contributed by atoms with Crippen LogP contribution in [0.2, 0.25) is 0 Å². The van der Waals surface area contributed by atoms with Crippen molar-refractivity contribution in [3.05, 3.63) is 65.2 Å². The van der Waals surface area contributed by atoms with Gasteiger partial charge in [0.1, 0.15) is 5.75 Å². The maximum absolute atomic E-state index is 5.71. The fraction of sp³-hybridized carbons (Fsp3) is 0.350. The van der Waals surface area contributed by atoms with Gasteiger partial charge in [0.25, 0.3) is 0 Å². The quantitative estimate of drug-likeness (QED) is 0.440. The molecule has 2 aromatic rings. The van der Waals surface area contributed by atoms with Crippen LogP contribution in [0.25, 0.3) is 0 Å². The van der Waals surface area contributed by atoms with Crippen molar-refractivity contribution in [3.8, 4) is 5.75 Å². The molecule has 0 aliphatic rings. The maximum Gasteiger partial charge on any atom is 0.191 e. The number of rotatable bonds is 8. The topological polar surface area (TPSA) is 54.9 Å². The van der Waals surface area contributed by atoms with Gasteiger partial charge >= 0.3 is 0 Å². The van der Waals surface area contributed by atoms with E-state index in [9.17, 15) is 0 Å². The van der Waals surface area contributed by atoms with E-state index in [-0.39, 0.29) is 0 Å². The summed E-state index contributed by atoms with van der Waals surface area (Å²) in [5, 5.41) is 6.55. The minimum absolute atomic E-state index is 0.529. The van der Waals surface area contributed by atoms with Crippen molar-refractivity contribution in [1.29, 1.82) is 0 Å². The Morgan fingerprint density at radius 2 is 1.92 bits per heavy atom. The second-order valence-corrected chi connectivity index (χ2v) is 5.71. The number of guanidine groups is 1. The lowest BCUT2D eigenvalue weighted by Crippen LogP contribution is -2.38. The van der Waals surface area contributed by atoms with Gasteiger partial charge in [-0.05, 0) is 18.6 Å². The predicted octanol–water partition coefficient (Wildman–Crippen LogP) is 2.89. The van der Waals surface area contributed by atoms with Gasteiger partial charge < -0.3 is 20.1 Å².